The molecule has 1 aromatic carbocycles. The number of imidazole rings is 1. The molecule has 1 amide bonds. The maximum Gasteiger partial charge on any atom is 0.332 e. The number of hydrogen-bond acceptors (Lipinski definition) is 5. The molecule has 0 fully saturated rings. The third-order valence-electron chi connectivity index (χ3n) is 4.59. The van der Waals surface area contributed by atoms with Crippen molar-refractivity contribution in [3.05, 3.63) is 48.8 Å². The lowest BCUT2D eigenvalue weighted by Gasteiger charge is -2.14. The van der Waals surface area contributed by atoms with E-state index in [1.165, 1.54) is 17.9 Å². The normalized spacial score (nSPS) is 11.1. The standard InChI is InChI=1S/C19H21BrClN5O4/c1-4-30-16-12(20)8-11(21)9-13(16)23-14(27)6-5-7-26-10-22-17-15(26)18(28)25(3)19(29)24(17)2/h8-10H,4-7H2,1-3H3,(H,23,27). The van der Waals surface area contributed by atoms with E-state index in [4.69, 9.17) is 16.3 Å². The Kier molecular flexibility index (Phi) is 6.67. The van der Waals surface area contributed by atoms with E-state index in [0.717, 1.165) is 4.57 Å². The minimum atomic E-state index is -0.435. The Morgan fingerprint density at radius 3 is 2.70 bits per heavy atom. The van der Waals surface area contributed by atoms with Gasteiger partial charge in [-0.2, -0.15) is 0 Å². The van der Waals surface area contributed by atoms with Crippen LogP contribution in [0, 0.1) is 0 Å². The Balaban J connectivity index is 1.72. The fraction of sp³-hybridized carbons (Fsp3) is 0.368. The Labute approximate surface area is 185 Å². The second-order valence-corrected chi connectivity index (χ2v) is 7.96. The van der Waals surface area contributed by atoms with Crippen molar-refractivity contribution in [1.82, 2.24) is 18.7 Å². The Morgan fingerprint density at radius 2 is 2.00 bits per heavy atom. The van der Waals surface area contributed by atoms with Crippen molar-refractivity contribution in [3.63, 3.8) is 0 Å². The molecule has 0 bridgehead atoms. The number of rotatable bonds is 7. The molecule has 0 aliphatic carbocycles. The van der Waals surface area contributed by atoms with Crippen molar-refractivity contribution in [3.8, 4) is 5.75 Å². The monoisotopic (exact) mass is 497 g/mol. The summed E-state index contributed by atoms with van der Waals surface area (Å²) >= 11 is 9.47. The number of nitrogens with one attached hydrogen (secondary N) is 1. The molecule has 0 saturated carbocycles. The van der Waals surface area contributed by atoms with Gasteiger partial charge in [0.15, 0.2) is 16.9 Å². The molecule has 2 aromatic heterocycles. The molecule has 0 saturated heterocycles. The van der Waals surface area contributed by atoms with Gasteiger partial charge in [0.25, 0.3) is 5.56 Å². The molecule has 9 nitrogen and oxygen atoms in total. The van der Waals surface area contributed by atoms with Crippen LogP contribution < -0.4 is 21.3 Å². The summed E-state index contributed by atoms with van der Waals surface area (Å²) in [6.45, 7) is 2.69. The van der Waals surface area contributed by atoms with Crippen LogP contribution in [0.5, 0.6) is 5.75 Å². The summed E-state index contributed by atoms with van der Waals surface area (Å²) in [5.74, 6) is 0.301. The van der Waals surface area contributed by atoms with Crippen LogP contribution >= 0.6 is 27.5 Å². The third kappa shape index (κ3) is 4.29. The van der Waals surface area contributed by atoms with E-state index in [-0.39, 0.29) is 12.3 Å². The molecule has 1 N–H and O–H groups in total. The maximum absolute atomic E-state index is 12.5. The van der Waals surface area contributed by atoms with Gasteiger partial charge in [-0.25, -0.2) is 9.78 Å². The number of aryl methyl sites for hydroxylation is 2. The fourth-order valence-corrected chi connectivity index (χ4v) is 4.06. The van der Waals surface area contributed by atoms with Gasteiger partial charge in [0.1, 0.15) is 0 Å². The van der Waals surface area contributed by atoms with Crippen LogP contribution in [0.1, 0.15) is 19.8 Å². The number of amides is 1. The molecule has 0 atom stereocenters. The lowest BCUT2D eigenvalue weighted by Crippen LogP contribution is -2.37. The average Bonchev–Trinajstić information content (AvgIpc) is 3.11. The molecule has 3 aromatic rings. The van der Waals surface area contributed by atoms with Gasteiger partial charge < -0.3 is 14.6 Å². The highest BCUT2D eigenvalue weighted by molar-refractivity contribution is 9.10. The van der Waals surface area contributed by atoms with Gasteiger partial charge in [0.2, 0.25) is 5.91 Å². The summed E-state index contributed by atoms with van der Waals surface area (Å²) < 4.78 is 10.3. The fourth-order valence-electron chi connectivity index (χ4n) is 3.13. The van der Waals surface area contributed by atoms with E-state index in [9.17, 15) is 14.4 Å². The first-order chi connectivity index (χ1) is 14.2. The van der Waals surface area contributed by atoms with E-state index in [2.05, 4.69) is 26.2 Å². The number of anilines is 1. The number of nitrogens with zero attached hydrogens (tertiary/aromatic N) is 4. The highest BCUT2D eigenvalue weighted by Gasteiger charge is 2.15. The molecule has 0 unspecified atom stereocenters. The summed E-state index contributed by atoms with van der Waals surface area (Å²) in [5, 5.41) is 3.28. The number of ether oxygens (including phenoxy) is 1. The lowest BCUT2D eigenvalue weighted by atomic mass is 10.2. The van der Waals surface area contributed by atoms with Crippen molar-refractivity contribution in [1.29, 1.82) is 0 Å². The van der Waals surface area contributed by atoms with Gasteiger partial charge in [0.05, 0.1) is 23.1 Å². The van der Waals surface area contributed by atoms with Crippen LogP contribution in [0.15, 0.2) is 32.5 Å². The number of halogens is 2. The molecule has 160 valence electrons. The summed E-state index contributed by atoms with van der Waals surface area (Å²) in [6.07, 6.45) is 2.18. The number of carbonyl (C=O) groups is 1. The van der Waals surface area contributed by atoms with E-state index in [0.29, 0.717) is 51.7 Å². The van der Waals surface area contributed by atoms with Gasteiger partial charge in [-0.1, -0.05) is 11.6 Å². The minimum Gasteiger partial charge on any atom is -0.491 e. The van der Waals surface area contributed by atoms with Crippen LogP contribution in [0.3, 0.4) is 0 Å². The zero-order chi connectivity index (χ0) is 22.0. The number of carbonyl (C=O) groups excluding carboxylic acids is 1. The third-order valence-corrected chi connectivity index (χ3v) is 5.40. The highest BCUT2D eigenvalue weighted by atomic mass is 79.9. The number of aromatic nitrogens is 4. The highest BCUT2D eigenvalue weighted by Crippen LogP contribution is 2.36. The minimum absolute atomic E-state index is 0.210. The van der Waals surface area contributed by atoms with Crippen LogP contribution in [0.25, 0.3) is 11.2 Å². The first-order valence-electron chi connectivity index (χ1n) is 9.27. The number of hydrogen-bond donors (Lipinski definition) is 1. The van der Waals surface area contributed by atoms with Gasteiger partial charge in [-0.3, -0.25) is 18.7 Å². The van der Waals surface area contributed by atoms with Crippen molar-refractivity contribution < 1.29 is 9.53 Å². The molecule has 0 aliphatic heterocycles. The Hall–Kier alpha value is -2.59. The number of benzene rings is 1. The smallest absolute Gasteiger partial charge is 0.332 e. The van der Waals surface area contributed by atoms with Gasteiger partial charge in [-0.05, 0) is 41.4 Å². The van der Waals surface area contributed by atoms with Crippen LogP contribution in [-0.2, 0) is 25.4 Å². The molecule has 2 heterocycles. The Morgan fingerprint density at radius 1 is 1.27 bits per heavy atom. The predicted octanol–water partition coefficient (Wildman–Crippen LogP) is 2.67. The molecular formula is C19H21BrClN5O4. The predicted molar refractivity (Wildman–Crippen MR) is 118 cm³/mol. The van der Waals surface area contributed by atoms with Gasteiger partial charge in [-0.15, -0.1) is 0 Å². The second kappa shape index (κ2) is 9.05. The van der Waals surface area contributed by atoms with E-state index >= 15 is 0 Å². The van der Waals surface area contributed by atoms with E-state index in [1.807, 2.05) is 6.92 Å². The SMILES string of the molecule is CCOc1c(Br)cc(Cl)cc1NC(=O)CCCn1cnc2c1c(=O)n(C)c(=O)n2C. The first-order valence-corrected chi connectivity index (χ1v) is 10.4. The van der Waals surface area contributed by atoms with Crippen molar-refractivity contribution in [2.24, 2.45) is 14.1 Å². The second-order valence-electron chi connectivity index (χ2n) is 6.66. The van der Waals surface area contributed by atoms with Crippen LogP contribution in [0.4, 0.5) is 5.69 Å². The topological polar surface area (TPSA) is 100 Å². The maximum atomic E-state index is 12.5. The molecular weight excluding hydrogens is 478 g/mol. The van der Waals surface area contributed by atoms with Crippen molar-refractivity contribution >= 4 is 50.3 Å². The Bertz CT molecular complexity index is 1230. The quantitative estimate of drug-likeness (QED) is 0.540. The molecule has 0 spiro atoms. The van der Waals surface area contributed by atoms with Gasteiger partial charge >= 0.3 is 5.69 Å². The zero-order valence-electron chi connectivity index (χ0n) is 16.7. The van der Waals surface area contributed by atoms with Crippen molar-refractivity contribution in [2.75, 3.05) is 11.9 Å². The summed E-state index contributed by atoms with van der Waals surface area (Å²) in [6, 6.07) is 3.32. The first kappa shape index (κ1) is 22.1. The summed E-state index contributed by atoms with van der Waals surface area (Å²) in [5.41, 5.74) is 0.281. The molecule has 0 aliphatic rings. The molecule has 30 heavy (non-hydrogen) atoms. The molecule has 0 radical (unpaired) electrons. The van der Waals surface area contributed by atoms with Gasteiger partial charge in [0, 0.05) is 32.1 Å². The molecule has 11 heteroatoms. The van der Waals surface area contributed by atoms with E-state index in [1.54, 1.807) is 23.7 Å². The largest absolute Gasteiger partial charge is 0.491 e. The van der Waals surface area contributed by atoms with Crippen molar-refractivity contribution in [2.45, 2.75) is 26.3 Å². The summed E-state index contributed by atoms with van der Waals surface area (Å²) in [4.78, 5) is 41.1. The van der Waals surface area contributed by atoms with E-state index < -0.39 is 11.2 Å². The van der Waals surface area contributed by atoms with Crippen LogP contribution in [-0.4, -0.2) is 31.2 Å². The molecule has 3 rings (SSSR count). The zero-order valence-corrected chi connectivity index (χ0v) is 19.1. The average molecular weight is 499 g/mol. The van der Waals surface area contributed by atoms with Crippen LogP contribution in [0.2, 0.25) is 5.02 Å². The summed E-state index contributed by atoms with van der Waals surface area (Å²) in [7, 11) is 2.99. The lowest BCUT2D eigenvalue weighted by molar-refractivity contribution is -0.116. The number of fused-ring (bicyclic) bond motifs is 1.